The van der Waals surface area contributed by atoms with Crippen molar-refractivity contribution in [2.45, 2.75) is 0 Å². The molecule has 6 heteroatoms. The molecule has 0 saturated carbocycles. The summed E-state index contributed by atoms with van der Waals surface area (Å²) in [6, 6.07) is 14.5. The van der Waals surface area contributed by atoms with Gasteiger partial charge in [-0.2, -0.15) is 0 Å². The van der Waals surface area contributed by atoms with Crippen molar-refractivity contribution in [1.29, 1.82) is 0 Å². The zero-order chi connectivity index (χ0) is 17.8. The number of alkyl halides is 2. The van der Waals surface area contributed by atoms with Crippen molar-refractivity contribution in [3.05, 3.63) is 58.8 Å². The zero-order valence-electron chi connectivity index (χ0n) is 13.5. The zero-order valence-corrected chi connectivity index (χ0v) is 15.1. The second-order valence-electron chi connectivity index (χ2n) is 5.61. The van der Waals surface area contributed by atoms with E-state index in [0.29, 0.717) is 34.2 Å². The minimum absolute atomic E-state index is 0.149. The van der Waals surface area contributed by atoms with Crippen LogP contribution in [0.1, 0.15) is 0 Å². The Kier molecular flexibility index (Phi) is 5.51. The minimum Gasteiger partial charge on any atom is -0.456 e. The Balaban J connectivity index is 1.97. The predicted octanol–water partition coefficient (Wildman–Crippen LogP) is 4.33. The molecular formula is C19H18Cl2N2O2. The van der Waals surface area contributed by atoms with Gasteiger partial charge in [0.05, 0.1) is 5.39 Å². The number of hydrogen-bond donors (Lipinski definition) is 1. The van der Waals surface area contributed by atoms with Crippen molar-refractivity contribution in [3.8, 4) is 11.3 Å². The number of nitrogen functional groups attached to an aromatic ring is 1. The Morgan fingerprint density at radius 1 is 1.00 bits per heavy atom. The van der Waals surface area contributed by atoms with Crippen LogP contribution in [0.4, 0.5) is 11.4 Å². The summed E-state index contributed by atoms with van der Waals surface area (Å²) in [4.78, 5) is 14.5. The number of rotatable bonds is 6. The quantitative estimate of drug-likeness (QED) is 0.513. The molecule has 0 unspecified atom stereocenters. The summed E-state index contributed by atoms with van der Waals surface area (Å²) in [5.74, 6) is 1.56. The maximum Gasteiger partial charge on any atom is 0.195 e. The molecule has 0 fully saturated rings. The fourth-order valence-corrected chi connectivity index (χ4v) is 3.20. The van der Waals surface area contributed by atoms with Crippen molar-refractivity contribution in [2.24, 2.45) is 0 Å². The molecule has 130 valence electrons. The third kappa shape index (κ3) is 3.75. The number of fused-ring (bicyclic) bond motifs is 1. The molecule has 4 nitrogen and oxygen atoms in total. The van der Waals surface area contributed by atoms with Gasteiger partial charge in [-0.05, 0) is 36.4 Å². The number of benzene rings is 2. The van der Waals surface area contributed by atoms with Crippen LogP contribution in [0.15, 0.2) is 57.7 Å². The van der Waals surface area contributed by atoms with E-state index in [1.54, 1.807) is 18.2 Å². The predicted molar refractivity (Wildman–Crippen MR) is 106 cm³/mol. The van der Waals surface area contributed by atoms with Gasteiger partial charge in [-0.15, -0.1) is 23.2 Å². The van der Waals surface area contributed by atoms with E-state index in [1.165, 1.54) is 6.07 Å². The van der Waals surface area contributed by atoms with Crippen molar-refractivity contribution in [3.63, 3.8) is 0 Å². The van der Waals surface area contributed by atoms with E-state index in [2.05, 4.69) is 4.90 Å². The summed E-state index contributed by atoms with van der Waals surface area (Å²) < 4.78 is 5.87. The number of nitrogens with zero attached hydrogens (tertiary/aromatic N) is 1. The van der Waals surface area contributed by atoms with Gasteiger partial charge in [-0.3, -0.25) is 4.79 Å². The highest BCUT2D eigenvalue weighted by atomic mass is 35.5. The molecule has 0 amide bonds. The first-order valence-electron chi connectivity index (χ1n) is 7.93. The van der Waals surface area contributed by atoms with Gasteiger partial charge in [0.2, 0.25) is 0 Å². The van der Waals surface area contributed by atoms with E-state index in [0.717, 1.165) is 24.3 Å². The van der Waals surface area contributed by atoms with Gasteiger partial charge in [0.1, 0.15) is 11.3 Å². The first kappa shape index (κ1) is 17.6. The normalized spacial score (nSPS) is 11.0. The van der Waals surface area contributed by atoms with Crippen LogP contribution in [-0.2, 0) is 0 Å². The highest BCUT2D eigenvalue weighted by Gasteiger charge is 2.10. The van der Waals surface area contributed by atoms with Crippen LogP contribution >= 0.6 is 23.2 Å². The van der Waals surface area contributed by atoms with Gasteiger partial charge < -0.3 is 15.1 Å². The first-order valence-corrected chi connectivity index (χ1v) is 9.00. The summed E-state index contributed by atoms with van der Waals surface area (Å²) in [7, 11) is 0. The Labute approximate surface area is 155 Å². The van der Waals surface area contributed by atoms with E-state index in [-0.39, 0.29) is 5.43 Å². The SMILES string of the molecule is Nc1cccc2oc(-c3ccc(N(CCCl)CCCl)cc3)cc(=O)c12. The van der Waals surface area contributed by atoms with Crippen LogP contribution in [0.3, 0.4) is 0 Å². The van der Waals surface area contributed by atoms with Crippen molar-refractivity contribution in [2.75, 3.05) is 35.5 Å². The molecular weight excluding hydrogens is 359 g/mol. The lowest BCUT2D eigenvalue weighted by atomic mass is 10.1. The maximum atomic E-state index is 12.4. The van der Waals surface area contributed by atoms with Gasteiger partial charge in [0.15, 0.2) is 5.43 Å². The smallest absolute Gasteiger partial charge is 0.195 e. The molecule has 2 aromatic carbocycles. The average Bonchev–Trinajstić information content (AvgIpc) is 2.61. The minimum atomic E-state index is -0.149. The molecule has 0 aliphatic rings. The molecule has 3 aromatic rings. The monoisotopic (exact) mass is 376 g/mol. The van der Waals surface area contributed by atoms with Gasteiger partial charge in [-0.1, -0.05) is 6.07 Å². The van der Waals surface area contributed by atoms with Gasteiger partial charge in [-0.25, -0.2) is 0 Å². The molecule has 0 atom stereocenters. The summed E-state index contributed by atoms with van der Waals surface area (Å²) in [5.41, 5.74) is 8.47. The van der Waals surface area contributed by atoms with E-state index < -0.39 is 0 Å². The Morgan fingerprint density at radius 2 is 1.68 bits per heavy atom. The molecule has 0 saturated heterocycles. The van der Waals surface area contributed by atoms with Gasteiger partial charge in [0.25, 0.3) is 0 Å². The maximum absolute atomic E-state index is 12.4. The van der Waals surface area contributed by atoms with Gasteiger partial charge >= 0.3 is 0 Å². The summed E-state index contributed by atoms with van der Waals surface area (Å²) in [6.07, 6.45) is 0. The molecule has 25 heavy (non-hydrogen) atoms. The lowest BCUT2D eigenvalue weighted by Crippen LogP contribution is -2.27. The highest BCUT2D eigenvalue weighted by Crippen LogP contribution is 2.26. The van der Waals surface area contributed by atoms with Crippen LogP contribution < -0.4 is 16.1 Å². The lowest BCUT2D eigenvalue weighted by Gasteiger charge is -2.23. The molecule has 0 aliphatic carbocycles. The van der Waals surface area contributed by atoms with E-state index in [9.17, 15) is 4.79 Å². The second-order valence-corrected chi connectivity index (χ2v) is 6.36. The van der Waals surface area contributed by atoms with E-state index in [4.69, 9.17) is 33.4 Å². The van der Waals surface area contributed by atoms with Crippen LogP contribution in [0.2, 0.25) is 0 Å². The van der Waals surface area contributed by atoms with Crippen LogP contribution in [-0.4, -0.2) is 24.8 Å². The van der Waals surface area contributed by atoms with Crippen LogP contribution in [0.5, 0.6) is 0 Å². The third-order valence-electron chi connectivity index (χ3n) is 4.01. The van der Waals surface area contributed by atoms with Crippen molar-refractivity contribution >= 4 is 45.5 Å². The Hall–Kier alpha value is -2.17. The standard InChI is InChI=1S/C19H18Cl2N2O2/c20-8-10-23(11-9-21)14-6-4-13(5-7-14)18-12-16(24)19-15(22)2-1-3-17(19)25-18/h1-7,12H,8-11,22H2. The van der Waals surface area contributed by atoms with Crippen molar-refractivity contribution in [1.82, 2.24) is 0 Å². The average molecular weight is 377 g/mol. The van der Waals surface area contributed by atoms with Crippen LogP contribution in [0.25, 0.3) is 22.3 Å². The van der Waals surface area contributed by atoms with Gasteiger partial charge in [0, 0.05) is 47.9 Å². The molecule has 0 aliphatic heterocycles. The summed E-state index contributed by atoms with van der Waals surface area (Å²) in [6.45, 7) is 1.44. The fraction of sp³-hybridized carbons (Fsp3) is 0.211. The second kappa shape index (κ2) is 7.81. The lowest BCUT2D eigenvalue weighted by molar-refractivity contribution is 0.619. The third-order valence-corrected chi connectivity index (χ3v) is 4.35. The highest BCUT2D eigenvalue weighted by molar-refractivity contribution is 6.18. The summed E-state index contributed by atoms with van der Waals surface area (Å²) in [5, 5.41) is 0.415. The van der Waals surface area contributed by atoms with E-state index >= 15 is 0 Å². The molecule has 0 radical (unpaired) electrons. The fourth-order valence-electron chi connectivity index (χ4n) is 2.79. The summed E-state index contributed by atoms with van der Waals surface area (Å²) >= 11 is 11.7. The molecule has 3 rings (SSSR count). The Morgan fingerprint density at radius 3 is 2.32 bits per heavy atom. The molecule has 0 spiro atoms. The Bertz CT molecular complexity index is 917. The molecule has 0 bridgehead atoms. The number of nitrogens with two attached hydrogens (primary N) is 1. The number of hydrogen-bond acceptors (Lipinski definition) is 4. The molecule has 1 aromatic heterocycles. The van der Waals surface area contributed by atoms with E-state index in [1.807, 2.05) is 24.3 Å². The topological polar surface area (TPSA) is 59.5 Å². The molecule has 1 heterocycles. The number of anilines is 2. The molecule has 2 N–H and O–H groups in total. The number of halogens is 2. The first-order chi connectivity index (χ1) is 12.1. The van der Waals surface area contributed by atoms with Crippen molar-refractivity contribution < 1.29 is 4.42 Å². The largest absolute Gasteiger partial charge is 0.456 e. The van der Waals surface area contributed by atoms with Crippen LogP contribution in [0, 0.1) is 0 Å².